The maximum atomic E-state index is 12.1. The molecule has 23 heavy (non-hydrogen) atoms. The van der Waals surface area contributed by atoms with Crippen LogP contribution in [0.4, 0.5) is 5.69 Å². The summed E-state index contributed by atoms with van der Waals surface area (Å²) in [5.74, 6) is -1.35. The van der Waals surface area contributed by atoms with Gasteiger partial charge < -0.3 is 10.4 Å². The van der Waals surface area contributed by atoms with Gasteiger partial charge in [0, 0.05) is 11.8 Å². The molecule has 0 saturated heterocycles. The Morgan fingerprint density at radius 2 is 2.00 bits per heavy atom. The van der Waals surface area contributed by atoms with Crippen molar-refractivity contribution in [2.24, 2.45) is 0 Å². The zero-order chi connectivity index (χ0) is 17.0. The van der Waals surface area contributed by atoms with E-state index in [1.807, 2.05) is 6.07 Å². The molecule has 1 heterocycles. The van der Waals surface area contributed by atoms with Gasteiger partial charge in [-0.15, -0.1) is 0 Å². The number of carboxylic acid groups (broad SMARTS) is 1. The van der Waals surface area contributed by atoms with Crippen LogP contribution in [0.15, 0.2) is 36.7 Å². The van der Waals surface area contributed by atoms with Crippen molar-refractivity contribution in [2.45, 2.75) is 25.8 Å². The van der Waals surface area contributed by atoms with E-state index < -0.39 is 11.5 Å². The van der Waals surface area contributed by atoms with Crippen molar-refractivity contribution in [3.8, 4) is 6.07 Å². The molecule has 1 aromatic heterocycles. The van der Waals surface area contributed by atoms with E-state index in [4.69, 9.17) is 10.4 Å². The van der Waals surface area contributed by atoms with Crippen molar-refractivity contribution < 1.29 is 14.7 Å². The molecule has 7 nitrogen and oxygen atoms in total. The molecule has 2 N–H and O–H groups in total. The molecule has 0 atom stereocenters. The number of amides is 1. The highest BCUT2D eigenvalue weighted by molar-refractivity contribution is 6.04. The summed E-state index contributed by atoms with van der Waals surface area (Å²) >= 11 is 0. The molecule has 0 saturated carbocycles. The number of rotatable bonds is 5. The van der Waals surface area contributed by atoms with Crippen LogP contribution in [0, 0.1) is 11.3 Å². The molecule has 0 radical (unpaired) electrons. The maximum absolute atomic E-state index is 12.1. The van der Waals surface area contributed by atoms with E-state index in [-0.39, 0.29) is 5.91 Å². The third-order valence-corrected chi connectivity index (χ3v) is 3.44. The highest BCUT2D eigenvalue weighted by atomic mass is 16.4. The minimum Gasteiger partial charge on any atom is -0.479 e. The van der Waals surface area contributed by atoms with E-state index in [0.29, 0.717) is 17.7 Å². The molecule has 118 valence electrons. The van der Waals surface area contributed by atoms with E-state index in [0.717, 1.165) is 5.56 Å². The van der Waals surface area contributed by atoms with Crippen LogP contribution in [0.1, 0.15) is 29.8 Å². The fourth-order valence-electron chi connectivity index (χ4n) is 1.86. The average Bonchev–Trinajstić information content (AvgIpc) is 2.97. The first-order chi connectivity index (χ1) is 10.8. The smallest absolute Gasteiger partial charge is 0.331 e. The van der Waals surface area contributed by atoms with E-state index in [2.05, 4.69) is 10.4 Å². The van der Waals surface area contributed by atoms with Crippen molar-refractivity contribution in [2.75, 3.05) is 5.32 Å². The summed E-state index contributed by atoms with van der Waals surface area (Å²) < 4.78 is 1.28. The molecule has 1 amide bonds. The Morgan fingerprint density at radius 3 is 2.57 bits per heavy atom. The van der Waals surface area contributed by atoms with Gasteiger partial charge in [-0.2, -0.15) is 10.4 Å². The lowest BCUT2D eigenvalue weighted by Gasteiger charge is -2.19. The zero-order valence-electron chi connectivity index (χ0n) is 12.8. The number of benzene rings is 1. The number of carbonyl (C=O) groups is 2. The number of hydrogen-bond acceptors (Lipinski definition) is 4. The molecule has 7 heteroatoms. The van der Waals surface area contributed by atoms with Crippen LogP contribution in [0.5, 0.6) is 0 Å². The first-order valence-corrected chi connectivity index (χ1v) is 6.90. The number of aromatic nitrogens is 2. The second kappa shape index (κ2) is 6.32. The summed E-state index contributed by atoms with van der Waals surface area (Å²) in [5, 5.41) is 24.4. The van der Waals surface area contributed by atoms with Crippen LogP contribution in [0.25, 0.3) is 0 Å². The monoisotopic (exact) mass is 312 g/mol. The lowest BCUT2D eigenvalue weighted by atomic mass is 10.1. The van der Waals surface area contributed by atoms with Crippen molar-refractivity contribution >= 4 is 17.6 Å². The normalized spacial score (nSPS) is 10.8. The first kappa shape index (κ1) is 16.2. The van der Waals surface area contributed by atoms with Crippen LogP contribution in [-0.4, -0.2) is 26.8 Å². The SMILES string of the molecule is CC(C)(C(=O)O)n1cc(NC(=O)c2ccc(CC#N)cc2)cn1. The Kier molecular flexibility index (Phi) is 4.46. The second-order valence-corrected chi connectivity index (χ2v) is 5.52. The molecule has 1 aromatic carbocycles. The number of carbonyl (C=O) groups excluding carboxylic acids is 1. The van der Waals surface area contributed by atoms with E-state index in [1.54, 1.807) is 24.3 Å². The Hall–Kier alpha value is -3.14. The van der Waals surface area contributed by atoms with Crippen LogP contribution < -0.4 is 5.32 Å². The van der Waals surface area contributed by atoms with Crippen molar-refractivity contribution in [3.63, 3.8) is 0 Å². The van der Waals surface area contributed by atoms with Crippen molar-refractivity contribution in [3.05, 3.63) is 47.8 Å². The second-order valence-electron chi connectivity index (χ2n) is 5.52. The number of nitriles is 1. The fraction of sp³-hybridized carbons (Fsp3) is 0.250. The summed E-state index contributed by atoms with van der Waals surface area (Å²) in [4.78, 5) is 23.3. The fourth-order valence-corrected chi connectivity index (χ4v) is 1.86. The number of nitrogens with one attached hydrogen (secondary N) is 1. The largest absolute Gasteiger partial charge is 0.479 e. The number of carboxylic acids is 1. The molecule has 2 rings (SSSR count). The van der Waals surface area contributed by atoms with Gasteiger partial charge in [-0.25, -0.2) is 4.79 Å². The summed E-state index contributed by atoms with van der Waals surface area (Å²) in [6.07, 6.45) is 3.15. The average molecular weight is 312 g/mol. The highest BCUT2D eigenvalue weighted by Crippen LogP contribution is 2.18. The topological polar surface area (TPSA) is 108 Å². The van der Waals surface area contributed by atoms with Gasteiger partial charge >= 0.3 is 5.97 Å². The molecular weight excluding hydrogens is 296 g/mol. The number of anilines is 1. The third-order valence-electron chi connectivity index (χ3n) is 3.44. The van der Waals surface area contributed by atoms with Crippen LogP contribution >= 0.6 is 0 Å². The molecule has 0 spiro atoms. The van der Waals surface area contributed by atoms with Gasteiger partial charge in [0.1, 0.15) is 0 Å². The zero-order valence-corrected chi connectivity index (χ0v) is 12.8. The van der Waals surface area contributed by atoms with E-state index in [9.17, 15) is 9.59 Å². The predicted octanol–water partition coefficient (Wildman–Crippen LogP) is 2.02. The van der Waals surface area contributed by atoms with Crippen molar-refractivity contribution in [1.82, 2.24) is 9.78 Å². The summed E-state index contributed by atoms with van der Waals surface area (Å²) in [7, 11) is 0. The van der Waals surface area contributed by atoms with Crippen LogP contribution in [0.3, 0.4) is 0 Å². The van der Waals surface area contributed by atoms with Gasteiger partial charge in [0.25, 0.3) is 5.91 Å². The minimum atomic E-state index is -1.21. The Labute approximate surface area is 133 Å². The molecule has 0 aliphatic rings. The highest BCUT2D eigenvalue weighted by Gasteiger charge is 2.30. The van der Waals surface area contributed by atoms with Crippen molar-refractivity contribution in [1.29, 1.82) is 5.26 Å². The first-order valence-electron chi connectivity index (χ1n) is 6.90. The lowest BCUT2D eigenvalue weighted by Crippen LogP contribution is -2.35. The number of aliphatic carboxylic acids is 1. The standard InChI is InChI=1S/C16H16N4O3/c1-16(2,15(22)23)20-10-13(9-18-20)19-14(21)12-5-3-11(4-6-12)7-8-17/h3-6,9-10H,7H2,1-2H3,(H,19,21)(H,22,23). The predicted molar refractivity (Wildman–Crippen MR) is 82.9 cm³/mol. The summed E-state index contributed by atoms with van der Waals surface area (Å²) in [5.41, 5.74) is 0.476. The van der Waals surface area contributed by atoms with Gasteiger partial charge in [0.2, 0.25) is 0 Å². The molecule has 2 aromatic rings. The molecule has 0 fully saturated rings. The van der Waals surface area contributed by atoms with Crippen LogP contribution in [0.2, 0.25) is 0 Å². The molecule has 0 aliphatic carbocycles. The number of hydrogen-bond donors (Lipinski definition) is 2. The quantitative estimate of drug-likeness (QED) is 0.878. The number of nitrogens with zero attached hydrogens (tertiary/aromatic N) is 3. The minimum absolute atomic E-state index is 0.291. The molecule has 0 aliphatic heterocycles. The van der Waals surface area contributed by atoms with Gasteiger partial charge in [-0.3, -0.25) is 9.48 Å². The molecular formula is C16H16N4O3. The van der Waals surface area contributed by atoms with Gasteiger partial charge in [0.05, 0.1) is 24.4 Å². The Morgan fingerprint density at radius 1 is 1.35 bits per heavy atom. The Bertz CT molecular complexity index is 769. The molecule has 0 unspecified atom stereocenters. The van der Waals surface area contributed by atoms with E-state index >= 15 is 0 Å². The maximum Gasteiger partial charge on any atom is 0.331 e. The summed E-state index contributed by atoms with van der Waals surface area (Å²) in [6.45, 7) is 3.03. The molecule has 0 bridgehead atoms. The van der Waals surface area contributed by atoms with Gasteiger partial charge in [-0.1, -0.05) is 12.1 Å². The third kappa shape index (κ3) is 3.55. The lowest BCUT2D eigenvalue weighted by molar-refractivity contribution is -0.146. The van der Waals surface area contributed by atoms with E-state index in [1.165, 1.54) is 30.9 Å². The van der Waals surface area contributed by atoms with Gasteiger partial charge in [-0.05, 0) is 31.5 Å². The van der Waals surface area contributed by atoms with Gasteiger partial charge in [0.15, 0.2) is 5.54 Å². The summed E-state index contributed by atoms with van der Waals surface area (Å²) in [6, 6.07) is 8.74. The Balaban J connectivity index is 2.11. The van der Waals surface area contributed by atoms with Crippen LogP contribution in [-0.2, 0) is 16.8 Å².